The van der Waals surface area contributed by atoms with Crippen molar-refractivity contribution in [2.45, 2.75) is 20.8 Å². The Kier molecular flexibility index (Phi) is 8.16. The molecular formula is C25H29N3O4S. The molecule has 2 aromatic rings. The van der Waals surface area contributed by atoms with Gasteiger partial charge in [0.05, 0.1) is 29.9 Å². The standard InChI is InChI=1S/C25H29N3O4S/c1-6-28(7-2)20-14-11-18(21(16-20)31-5)15-22-23(29)27(4)25(33-22)26-19-12-9-17(10-13-19)24(30)32-8-3/h9-16H,6-8H2,1-5H3/b22-15+,26-25?. The van der Waals surface area contributed by atoms with Crippen LogP contribution in [-0.2, 0) is 9.53 Å². The number of amidine groups is 1. The molecule has 1 saturated heterocycles. The van der Waals surface area contributed by atoms with Crippen LogP contribution in [-0.4, -0.2) is 55.8 Å². The molecule has 2 aromatic carbocycles. The molecule has 0 atom stereocenters. The number of methoxy groups -OCH3 is 1. The van der Waals surface area contributed by atoms with Crippen molar-refractivity contribution in [1.29, 1.82) is 0 Å². The maximum Gasteiger partial charge on any atom is 0.338 e. The summed E-state index contributed by atoms with van der Waals surface area (Å²) in [4.78, 5) is 33.6. The summed E-state index contributed by atoms with van der Waals surface area (Å²) in [6.07, 6.45) is 1.83. The van der Waals surface area contributed by atoms with Gasteiger partial charge in [0, 0.05) is 37.5 Å². The van der Waals surface area contributed by atoms with Crippen LogP contribution in [0.1, 0.15) is 36.7 Å². The number of likely N-dealkylation sites (N-methyl/N-ethyl adjacent to an activating group) is 1. The van der Waals surface area contributed by atoms with E-state index in [1.807, 2.05) is 24.3 Å². The number of ether oxygens (including phenoxy) is 2. The van der Waals surface area contributed by atoms with E-state index >= 15 is 0 Å². The SMILES string of the molecule is CCOC(=O)c1ccc(N=C2S/C(=C/c3ccc(N(CC)CC)cc3OC)C(=O)N2C)cc1. The number of thioether (sulfide) groups is 1. The Labute approximate surface area is 199 Å². The van der Waals surface area contributed by atoms with Gasteiger partial charge in [-0.3, -0.25) is 9.69 Å². The number of benzene rings is 2. The van der Waals surface area contributed by atoms with Gasteiger partial charge in [-0.25, -0.2) is 9.79 Å². The zero-order chi connectivity index (χ0) is 24.0. The molecule has 0 aromatic heterocycles. The largest absolute Gasteiger partial charge is 0.496 e. The first-order valence-corrected chi connectivity index (χ1v) is 11.7. The van der Waals surface area contributed by atoms with Gasteiger partial charge in [-0.05, 0) is 75.0 Å². The Morgan fingerprint density at radius 2 is 1.82 bits per heavy atom. The number of amides is 1. The molecule has 0 unspecified atom stereocenters. The molecule has 174 valence electrons. The van der Waals surface area contributed by atoms with Crippen molar-refractivity contribution in [2.75, 3.05) is 38.8 Å². The minimum absolute atomic E-state index is 0.128. The Morgan fingerprint density at radius 1 is 1.12 bits per heavy atom. The number of anilines is 1. The molecule has 8 heteroatoms. The number of rotatable bonds is 8. The monoisotopic (exact) mass is 467 g/mol. The molecule has 3 rings (SSSR count). The summed E-state index contributed by atoms with van der Waals surface area (Å²) in [6, 6.07) is 12.8. The van der Waals surface area contributed by atoms with E-state index < -0.39 is 0 Å². The number of hydrogen-bond donors (Lipinski definition) is 0. The lowest BCUT2D eigenvalue weighted by molar-refractivity contribution is -0.121. The minimum Gasteiger partial charge on any atom is -0.496 e. The fraction of sp³-hybridized carbons (Fsp3) is 0.320. The molecule has 0 radical (unpaired) electrons. The van der Waals surface area contributed by atoms with Gasteiger partial charge < -0.3 is 14.4 Å². The van der Waals surface area contributed by atoms with Crippen molar-refractivity contribution < 1.29 is 19.1 Å². The quantitative estimate of drug-likeness (QED) is 0.404. The molecule has 1 amide bonds. The average molecular weight is 468 g/mol. The second kappa shape index (κ2) is 11.0. The third-order valence-corrected chi connectivity index (χ3v) is 6.30. The van der Waals surface area contributed by atoms with E-state index in [0.29, 0.717) is 33.7 Å². The number of hydrogen-bond acceptors (Lipinski definition) is 7. The zero-order valence-corrected chi connectivity index (χ0v) is 20.4. The number of carbonyl (C=O) groups excluding carboxylic acids is 2. The van der Waals surface area contributed by atoms with Crippen molar-refractivity contribution in [2.24, 2.45) is 4.99 Å². The van der Waals surface area contributed by atoms with E-state index in [2.05, 4.69) is 23.7 Å². The van der Waals surface area contributed by atoms with Crippen LogP contribution in [0.5, 0.6) is 5.75 Å². The first kappa shape index (κ1) is 24.4. The van der Waals surface area contributed by atoms with Gasteiger partial charge >= 0.3 is 5.97 Å². The number of nitrogens with zero attached hydrogens (tertiary/aromatic N) is 3. The fourth-order valence-electron chi connectivity index (χ4n) is 3.39. The highest BCUT2D eigenvalue weighted by Gasteiger charge is 2.30. The van der Waals surface area contributed by atoms with Gasteiger partial charge in [0.1, 0.15) is 5.75 Å². The van der Waals surface area contributed by atoms with Crippen LogP contribution < -0.4 is 9.64 Å². The van der Waals surface area contributed by atoms with Crippen LogP contribution in [0.3, 0.4) is 0 Å². The van der Waals surface area contributed by atoms with Gasteiger partial charge in [0.2, 0.25) is 0 Å². The predicted molar refractivity (Wildman–Crippen MR) is 134 cm³/mol. The summed E-state index contributed by atoms with van der Waals surface area (Å²) in [5, 5.41) is 0.564. The summed E-state index contributed by atoms with van der Waals surface area (Å²) in [5.74, 6) is 0.213. The highest BCUT2D eigenvalue weighted by Crippen LogP contribution is 2.35. The Balaban J connectivity index is 1.84. The van der Waals surface area contributed by atoms with E-state index in [9.17, 15) is 9.59 Å². The van der Waals surface area contributed by atoms with E-state index in [1.165, 1.54) is 16.7 Å². The fourth-order valence-corrected chi connectivity index (χ4v) is 4.37. The smallest absolute Gasteiger partial charge is 0.338 e. The summed E-state index contributed by atoms with van der Waals surface area (Å²) < 4.78 is 10.6. The summed E-state index contributed by atoms with van der Waals surface area (Å²) in [6.45, 7) is 8.12. The normalized spacial score (nSPS) is 15.9. The van der Waals surface area contributed by atoms with Crippen molar-refractivity contribution in [3.8, 4) is 5.75 Å². The van der Waals surface area contributed by atoms with Gasteiger partial charge in [-0.1, -0.05) is 0 Å². The Bertz CT molecular complexity index is 1080. The second-order valence-corrected chi connectivity index (χ2v) is 8.24. The summed E-state index contributed by atoms with van der Waals surface area (Å²) in [5.41, 5.74) is 3.02. The maximum atomic E-state index is 12.8. The molecule has 1 aliphatic heterocycles. The lowest BCUT2D eigenvalue weighted by atomic mass is 10.1. The highest BCUT2D eigenvalue weighted by atomic mass is 32.2. The Hall–Kier alpha value is -3.26. The molecular weight excluding hydrogens is 438 g/mol. The molecule has 1 heterocycles. The number of esters is 1. The topological polar surface area (TPSA) is 71.4 Å². The van der Waals surface area contributed by atoms with Crippen LogP contribution in [0.15, 0.2) is 52.4 Å². The van der Waals surface area contributed by atoms with Crippen LogP contribution in [0, 0.1) is 0 Å². The van der Waals surface area contributed by atoms with Gasteiger partial charge in [-0.15, -0.1) is 0 Å². The third kappa shape index (κ3) is 5.57. The molecule has 0 aliphatic carbocycles. The highest BCUT2D eigenvalue weighted by molar-refractivity contribution is 8.18. The Morgan fingerprint density at radius 3 is 2.42 bits per heavy atom. The predicted octanol–water partition coefficient (Wildman–Crippen LogP) is 4.95. The third-order valence-electron chi connectivity index (χ3n) is 5.24. The van der Waals surface area contributed by atoms with E-state index in [4.69, 9.17) is 9.47 Å². The molecule has 1 fully saturated rings. The zero-order valence-electron chi connectivity index (χ0n) is 19.6. The molecule has 0 saturated carbocycles. The van der Waals surface area contributed by atoms with Crippen molar-refractivity contribution >= 4 is 46.3 Å². The van der Waals surface area contributed by atoms with Crippen LogP contribution in [0.25, 0.3) is 6.08 Å². The lowest BCUT2D eigenvalue weighted by Gasteiger charge is -2.22. The first-order valence-electron chi connectivity index (χ1n) is 10.9. The molecule has 1 aliphatic rings. The first-order chi connectivity index (χ1) is 15.9. The van der Waals surface area contributed by atoms with Crippen molar-refractivity contribution in [3.63, 3.8) is 0 Å². The van der Waals surface area contributed by atoms with Gasteiger partial charge in [0.25, 0.3) is 5.91 Å². The van der Waals surface area contributed by atoms with Gasteiger partial charge in [0.15, 0.2) is 5.17 Å². The molecule has 0 bridgehead atoms. The van der Waals surface area contributed by atoms with Crippen LogP contribution >= 0.6 is 11.8 Å². The summed E-state index contributed by atoms with van der Waals surface area (Å²) >= 11 is 1.30. The summed E-state index contributed by atoms with van der Waals surface area (Å²) in [7, 11) is 3.33. The van der Waals surface area contributed by atoms with E-state index in [-0.39, 0.29) is 11.9 Å². The molecule has 33 heavy (non-hydrogen) atoms. The number of aliphatic imine (C=N–C) groups is 1. The average Bonchev–Trinajstić information content (AvgIpc) is 3.09. The van der Waals surface area contributed by atoms with Crippen LogP contribution in [0.2, 0.25) is 0 Å². The molecule has 0 N–H and O–H groups in total. The van der Waals surface area contributed by atoms with Crippen molar-refractivity contribution in [1.82, 2.24) is 4.90 Å². The van der Waals surface area contributed by atoms with Crippen molar-refractivity contribution in [3.05, 3.63) is 58.5 Å². The molecule has 0 spiro atoms. The van der Waals surface area contributed by atoms with E-state index in [0.717, 1.165) is 24.3 Å². The molecule has 7 nitrogen and oxygen atoms in total. The maximum absolute atomic E-state index is 12.8. The van der Waals surface area contributed by atoms with E-state index in [1.54, 1.807) is 45.3 Å². The van der Waals surface area contributed by atoms with Crippen LogP contribution in [0.4, 0.5) is 11.4 Å². The number of carbonyl (C=O) groups is 2. The minimum atomic E-state index is -0.370. The lowest BCUT2D eigenvalue weighted by Crippen LogP contribution is -2.23. The van der Waals surface area contributed by atoms with Gasteiger partial charge in [-0.2, -0.15) is 0 Å². The second-order valence-electron chi connectivity index (χ2n) is 7.24.